The number of fused-ring (bicyclic) bond motifs is 1. The Hall–Kier alpha value is -0.920. The minimum absolute atomic E-state index is 0.214. The second-order valence-corrected chi connectivity index (χ2v) is 7.53. The molecule has 0 saturated heterocycles. The average molecular weight is 346 g/mol. The van der Waals surface area contributed by atoms with E-state index < -0.39 is 15.3 Å². The molecule has 0 saturated carbocycles. The SMILES string of the molecule is CC[C@@H](C)S(=O)(=O)NCc1cn2cc(Br)ccc2n1. The van der Waals surface area contributed by atoms with E-state index in [0.29, 0.717) is 12.1 Å². The van der Waals surface area contributed by atoms with Gasteiger partial charge in [0.15, 0.2) is 0 Å². The van der Waals surface area contributed by atoms with Crippen LogP contribution in [0.1, 0.15) is 26.0 Å². The molecule has 0 bridgehead atoms. The van der Waals surface area contributed by atoms with Gasteiger partial charge in [0, 0.05) is 16.9 Å². The molecule has 7 heteroatoms. The molecule has 1 atom stereocenters. The van der Waals surface area contributed by atoms with Crippen molar-refractivity contribution in [2.75, 3.05) is 0 Å². The molecule has 0 spiro atoms. The molecule has 1 N–H and O–H groups in total. The number of imidazole rings is 1. The van der Waals surface area contributed by atoms with Crippen molar-refractivity contribution in [3.05, 3.63) is 34.7 Å². The lowest BCUT2D eigenvalue weighted by molar-refractivity contribution is 0.565. The van der Waals surface area contributed by atoms with Crippen molar-refractivity contribution < 1.29 is 8.42 Å². The fourth-order valence-corrected chi connectivity index (χ4v) is 3.06. The molecule has 0 fully saturated rings. The highest BCUT2D eigenvalue weighted by molar-refractivity contribution is 9.10. The van der Waals surface area contributed by atoms with Crippen molar-refractivity contribution in [2.24, 2.45) is 0 Å². The molecule has 0 amide bonds. The number of pyridine rings is 1. The summed E-state index contributed by atoms with van der Waals surface area (Å²) in [5, 5.41) is -0.390. The summed E-state index contributed by atoms with van der Waals surface area (Å²) in [5.41, 5.74) is 1.49. The van der Waals surface area contributed by atoms with Crippen molar-refractivity contribution in [3.63, 3.8) is 0 Å². The molecule has 0 radical (unpaired) electrons. The smallest absolute Gasteiger partial charge is 0.214 e. The topological polar surface area (TPSA) is 63.5 Å². The second-order valence-electron chi connectivity index (χ2n) is 4.43. The maximum absolute atomic E-state index is 11.9. The average Bonchev–Trinajstić information content (AvgIpc) is 2.77. The van der Waals surface area contributed by atoms with Crippen LogP contribution in [0, 0.1) is 0 Å². The van der Waals surface area contributed by atoms with Crippen LogP contribution in [-0.4, -0.2) is 23.1 Å². The van der Waals surface area contributed by atoms with Crippen LogP contribution in [0.3, 0.4) is 0 Å². The first-order valence-corrected chi connectivity index (χ1v) is 8.38. The maximum atomic E-state index is 11.9. The molecule has 2 heterocycles. The van der Waals surface area contributed by atoms with Crippen molar-refractivity contribution >= 4 is 31.6 Å². The van der Waals surface area contributed by atoms with Crippen LogP contribution < -0.4 is 4.72 Å². The number of aromatic nitrogens is 2. The zero-order valence-corrected chi connectivity index (χ0v) is 13.2. The first-order valence-electron chi connectivity index (χ1n) is 6.04. The summed E-state index contributed by atoms with van der Waals surface area (Å²) in [4.78, 5) is 4.36. The molecule has 5 nitrogen and oxygen atoms in total. The summed E-state index contributed by atoms with van der Waals surface area (Å²) in [5.74, 6) is 0. The standard InChI is InChI=1S/C12H16BrN3O2S/c1-3-9(2)19(17,18)14-6-11-8-16-7-10(13)4-5-12(16)15-11/h4-5,7-9,14H,3,6H2,1-2H3/t9-/m1/s1. The number of hydrogen-bond acceptors (Lipinski definition) is 3. The molecule has 0 aliphatic rings. The molecule has 2 rings (SSSR count). The van der Waals surface area contributed by atoms with Crippen LogP contribution in [0.5, 0.6) is 0 Å². The Bertz CT molecular complexity index is 681. The van der Waals surface area contributed by atoms with Gasteiger partial charge in [-0.2, -0.15) is 0 Å². The molecule has 0 unspecified atom stereocenters. The molecular formula is C12H16BrN3O2S. The van der Waals surface area contributed by atoms with E-state index in [4.69, 9.17) is 0 Å². The first-order chi connectivity index (χ1) is 8.92. The van der Waals surface area contributed by atoms with Gasteiger partial charge >= 0.3 is 0 Å². The minimum atomic E-state index is -3.26. The monoisotopic (exact) mass is 345 g/mol. The van der Waals surface area contributed by atoms with Gasteiger partial charge in [0.2, 0.25) is 10.0 Å². The van der Waals surface area contributed by atoms with Crippen LogP contribution in [-0.2, 0) is 16.6 Å². The Morgan fingerprint density at radius 2 is 2.16 bits per heavy atom. The van der Waals surface area contributed by atoms with Crippen molar-refractivity contribution in [2.45, 2.75) is 32.1 Å². The number of sulfonamides is 1. The van der Waals surface area contributed by atoms with E-state index in [0.717, 1.165) is 10.1 Å². The molecule has 19 heavy (non-hydrogen) atoms. The van der Waals surface area contributed by atoms with Crippen LogP contribution in [0.25, 0.3) is 5.65 Å². The van der Waals surface area contributed by atoms with Crippen molar-refractivity contribution in [3.8, 4) is 0 Å². The van der Waals surface area contributed by atoms with Gasteiger partial charge in [-0.15, -0.1) is 0 Å². The third kappa shape index (κ3) is 3.34. The van der Waals surface area contributed by atoms with Crippen LogP contribution in [0.4, 0.5) is 0 Å². The third-order valence-electron chi connectivity index (χ3n) is 3.02. The molecule has 0 aliphatic carbocycles. The van der Waals surface area contributed by atoms with Crippen LogP contribution >= 0.6 is 15.9 Å². The number of halogens is 1. The molecule has 0 aromatic carbocycles. The van der Waals surface area contributed by atoms with E-state index >= 15 is 0 Å². The Morgan fingerprint density at radius 1 is 1.42 bits per heavy atom. The van der Waals surface area contributed by atoms with Gasteiger partial charge in [0.05, 0.1) is 17.5 Å². The predicted molar refractivity (Wildman–Crippen MR) is 78.4 cm³/mol. The lowest BCUT2D eigenvalue weighted by Gasteiger charge is -2.10. The summed E-state index contributed by atoms with van der Waals surface area (Å²) in [6, 6.07) is 3.77. The Kier molecular flexibility index (Phi) is 4.27. The van der Waals surface area contributed by atoms with Gasteiger partial charge < -0.3 is 4.40 Å². The van der Waals surface area contributed by atoms with Gasteiger partial charge in [0.25, 0.3) is 0 Å². The maximum Gasteiger partial charge on any atom is 0.214 e. The normalized spacial score (nSPS) is 13.8. The van der Waals surface area contributed by atoms with Crippen molar-refractivity contribution in [1.29, 1.82) is 0 Å². The molecule has 2 aromatic heterocycles. The summed E-state index contributed by atoms with van der Waals surface area (Å²) >= 11 is 3.38. The summed E-state index contributed by atoms with van der Waals surface area (Å²) < 4.78 is 29.1. The van der Waals surface area contributed by atoms with Crippen LogP contribution in [0.2, 0.25) is 0 Å². The fourth-order valence-electron chi connectivity index (χ4n) is 1.64. The van der Waals surface area contributed by atoms with E-state index in [1.54, 1.807) is 6.92 Å². The van der Waals surface area contributed by atoms with E-state index in [1.807, 2.05) is 35.9 Å². The highest BCUT2D eigenvalue weighted by Gasteiger charge is 2.18. The quantitative estimate of drug-likeness (QED) is 0.904. The molecule has 2 aromatic rings. The predicted octanol–water partition coefficient (Wildman–Crippen LogP) is 2.31. The summed E-state index contributed by atoms with van der Waals surface area (Å²) in [6.45, 7) is 3.77. The summed E-state index contributed by atoms with van der Waals surface area (Å²) in [6.07, 6.45) is 4.29. The molecule has 104 valence electrons. The van der Waals surface area contributed by atoms with E-state index in [-0.39, 0.29) is 6.54 Å². The lowest BCUT2D eigenvalue weighted by atomic mass is 10.4. The molecular weight excluding hydrogens is 330 g/mol. The Balaban J connectivity index is 2.14. The highest BCUT2D eigenvalue weighted by Crippen LogP contribution is 2.13. The largest absolute Gasteiger partial charge is 0.306 e. The Morgan fingerprint density at radius 3 is 2.84 bits per heavy atom. The van der Waals surface area contributed by atoms with Gasteiger partial charge in [-0.05, 0) is 41.4 Å². The Labute approximate surface area is 121 Å². The van der Waals surface area contributed by atoms with Crippen LogP contribution in [0.15, 0.2) is 29.0 Å². The second kappa shape index (κ2) is 5.60. The van der Waals surface area contributed by atoms with E-state index in [2.05, 4.69) is 25.6 Å². The number of rotatable bonds is 5. The van der Waals surface area contributed by atoms with Gasteiger partial charge in [0.1, 0.15) is 5.65 Å². The van der Waals surface area contributed by atoms with E-state index in [1.165, 1.54) is 0 Å². The third-order valence-corrected chi connectivity index (χ3v) is 5.43. The van der Waals surface area contributed by atoms with E-state index in [9.17, 15) is 8.42 Å². The van der Waals surface area contributed by atoms with Gasteiger partial charge in [-0.25, -0.2) is 18.1 Å². The number of nitrogens with zero attached hydrogens (tertiary/aromatic N) is 2. The zero-order chi connectivity index (χ0) is 14.0. The fraction of sp³-hybridized carbons (Fsp3) is 0.417. The van der Waals surface area contributed by atoms with Gasteiger partial charge in [-0.1, -0.05) is 6.92 Å². The molecule has 0 aliphatic heterocycles. The lowest BCUT2D eigenvalue weighted by Crippen LogP contribution is -2.31. The van der Waals surface area contributed by atoms with Gasteiger partial charge in [-0.3, -0.25) is 0 Å². The summed E-state index contributed by atoms with van der Waals surface area (Å²) in [7, 11) is -3.26. The first kappa shape index (κ1) is 14.5. The van der Waals surface area contributed by atoms with Crippen molar-refractivity contribution in [1.82, 2.24) is 14.1 Å². The highest BCUT2D eigenvalue weighted by atomic mass is 79.9. The zero-order valence-electron chi connectivity index (χ0n) is 10.8. The number of nitrogens with one attached hydrogen (secondary N) is 1. The number of hydrogen-bond donors (Lipinski definition) is 1. The minimum Gasteiger partial charge on any atom is -0.306 e.